The SMILES string of the molecule is O=C(NCc1ccccc1F)c1cccc2c1NCCC2. The van der Waals surface area contributed by atoms with Crippen molar-refractivity contribution >= 4 is 11.6 Å². The van der Waals surface area contributed by atoms with Gasteiger partial charge >= 0.3 is 0 Å². The first-order valence-corrected chi connectivity index (χ1v) is 7.13. The summed E-state index contributed by atoms with van der Waals surface area (Å²) in [5.41, 5.74) is 3.20. The highest BCUT2D eigenvalue weighted by molar-refractivity contribution is 6.00. The fourth-order valence-electron chi connectivity index (χ4n) is 2.61. The molecule has 108 valence electrons. The Kier molecular flexibility index (Phi) is 3.86. The molecule has 2 aromatic carbocycles. The van der Waals surface area contributed by atoms with E-state index in [1.165, 1.54) is 11.6 Å². The van der Waals surface area contributed by atoms with E-state index in [0.717, 1.165) is 25.1 Å². The number of amides is 1. The molecule has 0 saturated carbocycles. The Hall–Kier alpha value is -2.36. The molecule has 0 fully saturated rings. The maximum atomic E-state index is 13.6. The number of hydrogen-bond acceptors (Lipinski definition) is 2. The number of para-hydroxylation sites is 1. The van der Waals surface area contributed by atoms with E-state index in [1.54, 1.807) is 24.3 Å². The summed E-state index contributed by atoms with van der Waals surface area (Å²) in [4.78, 5) is 12.3. The summed E-state index contributed by atoms with van der Waals surface area (Å²) < 4.78 is 13.6. The first kappa shape index (κ1) is 13.6. The van der Waals surface area contributed by atoms with E-state index in [0.29, 0.717) is 11.1 Å². The lowest BCUT2D eigenvalue weighted by molar-refractivity contribution is 0.0951. The lowest BCUT2D eigenvalue weighted by atomic mass is 9.99. The number of fused-ring (bicyclic) bond motifs is 1. The highest BCUT2D eigenvalue weighted by Gasteiger charge is 2.17. The van der Waals surface area contributed by atoms with E-state index in [9.17, 15) is 9.18 Å². The van der Waals surface area contributed by atoms with Crippen LogP contribution in [0.5, 0.6) is 0 Å². The number of hydrogen-bond donors (Lipinski definition) is 2. The second kappa shape index (κ2) is 5.95. The Morgan fingerprint density at radius 2 is 2.05 bits per heavy atom. The molecular weight excluding hydrogens is 267 g/mol. The molecule has 1 amide bonds. The molecule has 3 nitrogen and oxygen atoms in total. The summed E-state index contributed by atoms with van der Waals surface area (Å²) in [5, 5.41) is 6.07. The van der Waals surface area contributed by atoms with Gasteiger partial charge < -0.3 is 10.6 Å². The number of carbonyl (C=O) groups excluding carboxylic acids is 1. The van der Waals surface area contributed by atoms with Gasteiger partial charge in [0.1, 0.15) is 5.82 Å². The highest BCUT2D eigenvalue weighted by Crippen LogP contribution is 2.26. The van der Waals surface area contributed by atoms with Gasteiger partial charge in [0.2, 0.25) is 0 Å². The second-order valence-electron chi connectivity index (χ2n) is 5.14. The van der Waals surface area contributed by atoms with Crippen molar-refractivity contribution in [2.45, 2.75) is 19.4 Å². The zero-order chi connectivity index (χ0) is 14.7. The maximum Gasteiger partial charge on any atom is 0.253 e. The van der Waals surface area contributed by atoms with Crippen molar-refractivity contribution in [3.8, 4) is 0 Å². The van der Waals surface area contributed by atoms with Crippen LogP contribution in [0.1, 0.15) is 27.9 Å². The quantitative estimate of drug-likeness (QED) is 0.909. The molecule has 0 spiro atoms. The Balaban J connectivity index is 1.76. The predicted octanol–water partition coefficient (Wildman–Crippen LogP) is 3.11. The van der Waals surface area contributed by atoms with Crippen LogP contribution in [-0.2, 0) is 13.0 Å². The summed E-state index contributed by atoms with van der Waals surface area (Å²) in [5.74, 6) is -0.476. The molecule has 0 saturated heterocycles. The van der Waals surface area contributed by atoms with Crippen LogP contribution >= 0.6 is 0 Å². The number of rotatable bonds is 3. The number of aryl methyl sites for hydroxylation is 1. The van der Waals surface area contributed by atoms with Crippen molar-refractivity contribution in [2.24, 2.45) is 0 Å². The van der Waals surface area contributed by atoms with E-state index < -0.39 is 0 Å². The fourth-order valence-corrected chi connectivity index (χ4v) is 2.61. The van der Waals surface area contributed by atoms with Gasteiger partial charge in [0.15, 0.2) is 0 Å². The average molecular weight is 284 g/mol. The van der Waals surface area contributed by atoms with Gasteiger partial charge in [0.25, 0.3) is 5.91 Å². The molecule has 1 aliphatic rings. The molecule has 3 rings (SSSR count). The predicted molar refractivity (Wildman–Crippen MR) is 80.8 cm³/mol. The first-order chi connectivity index (χ1) is 10.3. The molecule has 4 heteroatoms. The standard InChI is InChI=1S/C17H17FN2O/c18-15-9-2-1-5-13(15)11-20-17(21)14-8-3-6-12-7-4-10-19-16(12)14/h1-3,5-6,8-9,19H,4,7,10-11H2,(H,20,21). The van der Waals surface area contributed by atoms with Gasteiger partial charge in [-0.2, -0.15) is 0 Å². The Labute approximate surface area is 123 Å². The van der Waals surface area contributed by atoms with Crippen LogP contribution in [-0.4, -0.2) is 12.5 Å². The van der Waals surface area contributed by atoms with Crippen molar-refractivity contribution in [3.05, 3.63) is 65.0 Å². The monoisotopic (exact) mass is 284 g/mol. The molecule has 1 heterocycles. The van der Waals surface area contributed by atoms with Crippen molar-refractivity contribution in [1.82, 2.24) is 5.32 Å². The first-order valence-electron chi connectivity index (χ1n) is 7.13. The molecule has 2 N–H and O–H groups in total. The summed E-state index contributed by atoms with van der Waals surface area (Å²) >= 11 is 0. The third-order valence-corrected chi connectivity index (χ3v) is 3.72. The average Bonchev–Trinajstić information content (AvgIpc) is 2.53. The van der Waals surface area contributed by atoms with Crippen LogP contribution in [0.3, 0.4) is 0 Å². The molecule has 0 unspecified atom stereocenters. The van der Waals surface area contributed by atoms with Gasteiger partial charge in [0.05, 0.1) is 11.3 Å². The Morgan fingerprint density at radius 1 is 1.19 bits per heavy atom. The molecule has 1 aliphatic heterocycles. The molecule has 0 radical (unpaired) electrons. The maximum absolute atomic E-state index is 13.6. The lowest BCUT2D eigenvalue weighted by Crippen LogP contribution is -2.26. The molecule has 0 aromatic heterocycles. The van der Waals surface area contributed by atoms with Crippen LogP contribution in [0.25, 0.3) is 0 Å². The number of carbonyl (C=O) groups is 1. The molecule has 21 heavy (non-hydrogen) atoms. The number of benzene rings is 2. The van der Waals surface area contributed by atoms with Gasteiger partial charge in [-0.3, -0.25) is 4.79 Å². The van der Waals surface area contributed by atoms with Gasteiger partial charge in [0, 0.05) is 18.7 Å². The van der Waals surface area contributed by atoms with Crippen molar-refractivity contribution in [2.75, 3.05) is 11.9 Å². The molecule has 0 aliphatic carbocycles. The Bertz CT molecular complexity index is 670. The van der Waals surface area contributed by atoms with Crippen molar-refractivity contribution in [1.29, 1.82) is 0 Å². The number of nitrogens with one attached hydrogen (secondary N) is 2. The summed E-state index contributed by atoms with van der Waals surface area (Å²) in [7, 11) is 0. The number of anilines is 1. The number of halogens is 1. The summed E-state index contributed by atoms with van der Waals surface area (Å²) in [6.07, 6.45) is 2.06. The minimum absolute atomic E-state index is 0.176. The highest BCUT2D eigenvalue weighted by atomic mass is 19.1. The topological polar surface area (TPSA) is 41.1 Å². The molecule has 0 bridgehead atoms. The van der Waals surface area contributed by atoms with E-state index in [-0.39, 0.29) is 18.3 Å². The summed E-state index contributed by atoms with van der Waals surface area (Å²) in [6, 6.07) is 12.2. The van der Waals surface area contributed by atoms with Gasteiger partial charge in [-0.05, 0) is 30.5 Å². The Morgan fingerprint density at radius 3 is 2.90 bits per heavy atom. The van der Waals surface area contributed by atoms with Gasteiger partial charge in [-0.25, -0.2) is 4.39 Å². The minimum Gasteiger partial charge on any atom is -0.384 e. The normalized spacial score (nSPS) is 13.2. The van der Waals surface area contributed by atoms with E-state index in [1.807, 2.05) is 12.1 Å². The fraction of sp³-hybridized carbons (Fsp3) is 0.235. The van der Waals surface area contributed by atoms with E-state index in [4.69, 9.17) is 0 Å². The van der Waals surface area contributed by atoms with Crippen LogP contribution in [0.15, 0.2) is 42.5 Å². The third-order valence-electron chi connectivity index (χ3n) is 3.72. The van der Waals surface area contributed by atoms with Crippen LogP contribution in [0, 0.1) is 5.82 Å². The summed E-state index contributed by atoms with van der Waals surface area (Å²) in [6.45, 7) is 1.07. The second-order valence-corrected chi connectivity index (χ2v) is 5.14. The van der Waals surface area contributed by atoms with Crippen molar-refractivity contribution in [3.63, 3.8) is 0 Å². The van der Waals surface area contributed by atoms with Crippen LogP contribution in [0.2, 0.25) is 0 Å². The van der Waals surface area contributed by atoms with Crippen LogP contribution in [0.4, 0.5) is 10.1 Å². The van der Waals surface area contributed by atoms with Gasteiger partial charge in [-0.1, -0.05) is 30.3 Å². The lowest BCUT2D eigenvalue weighted by Gasteiger charge is -2.20. The third kappa shape index (κ3) is 2.89. The molecular formula is C17H17FN2O. The molecule has 0 atom stereocenters. The van der Waals surface area contributed by atoms with Crippen LogP contribution < -0.4 is 10.6 Å². The molecule has 2 aromatic rings. The van der Waals surface area contributed by atoms with Crippen molar-refractivity contribution < 1.29 is 9.18 Å². The zero-order valence-corrected chi connectivity index (χ0v) is 11.7. The van der Waals surface area contributed by atoms with E-state index >= 15 is 0 Å². The minimum atomic E-state index is -0.300. The zero-order valence-electron chi connectivity index (χ0n) is 11.7. The smallest absolute Gasteiger partial charge is 0.253 e. The largest absolute Gasteiger partial charge is 0.384 e. The van der Waals surface area contributed by atoms with E-state index in [2.05, 4.69) is 10.6 Å². The van der Waals surface area contributed by atoms with Gasteiger partial charge in [-0.15, -0.1) is 0 Å².